The molecule has 1 spiro atoms. The predicted molar refractivity (Wildman–Crippen MR) is 102 cm³/mol. The number of amides is 5. The molecule has 2 fully saturated rings. The van der Waals surface area contributed by atoms with Gasteiger partial charge in [-0.25, -0.2) is 9.59 Å². The van der Waals surface area contributed by atoms with E-state index in [1.54, 1.807) is 6.07 Å². The molecule has 1 heterocycles. The van der Waals surface area contributed by atoms with Crippen molar-refractivity contribution in [2.45, 2.75) is 62.9 Å². The number of aryl methyl sites for hydroxylation is 1. The fraction of sp³-hybridized carbons (Fsp3) is 0.500. The summed E-state index contributed by atoms with van der Waals surface area (Å²) in [4.78, 5) is 48.0. The van der Waals surface area contributed by atoms with E-state index < -0.39 is 11.6 Å². The van der Waals surface area contributed by atoms with E-state index in [2.05, 4.69) is 21.3 Å². The first kappa shape index (κ1) is 18.5. The topological polar surface area (TPSA) is 116 Å². The zero-order valence-electron chi connectivity index (χ0n) is 15.6. The first-order chi connectivity index (χ1) is 13.4. The molecule has 0 bridgehead atoms. The van der Waals surface area contributed by atoms with E-state index in [0.29, 0.717) is 43.4 Å². The highest BCUT2D eigenvalue weighted by atomic mass is 16.2. The summed E-state index contributed by atoms with van der Waals surface area (Å²) in [5.41, 5.74) is 1.52. The third kappa shape index (κ3) is 3.58. The van der Waals surface area contributed by atoms with Crippen molar-refractivity contribution in [2.75, 3.05) is 5.32 Å². The summed E-state index contributed by atoms with van der Waals surface area (Å²) >= 11 is 0. The summed E-state index contributed by atoms with van der Waals surface area (Å²) in [7, 11) is 0. The Bertz CT molecular complexity index is 843. The summed E-state index contributed by atoms with van der Waals surface area (Å²) in [6.45, 7) is 0. The summed E-state index contributed by atoms with van der Waals surface area (Å²) in [5, 5.41) is 10.7. The Balaban J connectivity index is 1.34. The number of nitrogens with one attached hydrogen (secondary N) is 4. The number of urea groups is 2. The van der Waals surface area contributed by atoms with Crippen molar-refractivity contribution in [2.24, 2.45) is 0 Å². The molecule has 1 aromatic carbocycles. The number of anilines is 1. The van der Waals surface area contributed by atoms with E-state index >= 15 is 0 Å². The first-order valence-electron chi connectivity index (χ1n) is 9.82. The van der Waals surface area contributed by atoms with Crippen molar-refractivity contribution < 1.29 is 19.2 Å². The van der Waals surface area contributed by atoms with Crippen LogP contribution in [-0.4, -0.2) is 35.3 Å². The van der Waals surface area contributed by atoms with Gasteiger partial charge in [0.2, 0.25) is 0 Å². The van der Waals surface area contributed by atoms with Gasteiger partial charge in [-0.15, -0.1) is 0 Å². The van der Waals surface area contributed by atoms with Crippen molar-refractivity contribution in [1.29, 1.82) is 0 Å². The minimum Gasteiger partial charge on any atom is -0.335 e. The molecule has 0 atom stereocenters. The van der Waals surface area contributed by atoms with Gasteiger partial charge >= 0.3 is 12.1 Å². The predicted octanol–water partition coefficient (Wildman–Crippen LogP) is 2.24. The Morgan fingerprint density at radius 2 is 1.82 bits per heavy atom. The summed E-state index contributed by atoms with van der Waals surface area (Å²) in [6, 6.07) is 4.65. The van der Waals surface area contributed by atoms with Gasteiger partial charge in [0.05, 0.1) is 0 Å². The lowest BCUT2D eigenvalue weighted by Gasteiger charge is -2.34. The number of carbonyl (C=O) groups is 4. The molecule has 1 aromatic rings. The second-order valence-electron chi connectivity index (χ2n) is 7.87. The van der Waals surface area contributed by atoms with Crippen LogP contribution in [0, 0.1) is 0 Å². The van der Waals surface area contributed by atoms with Crippen LogP contribution in [0.5, 0.6) is 0 Å². The minimum absolute atomic E-state index is 0.0709. The van der Waals surface area contributed by atoms with E-state index in [4.69, 9.17) is 0 Å². The Labute approximate surface area is 162 Å². The second-order valence-corrected chi connectivity index (χ2v) is 7.87. The van der Waals surface area contributed by atoms with E-state index in [-0.39, 0.29) is 23.8 Å². The number of ketones is 1. The van der Waals surface area contributed by atoms with Gasteiger partial charge in [0.1, 0.15) is 5.54 Å². The van der Waals surface area contributed by atoms with E-state index in [9.17, 15) is 19.2 Å². The number of imide groups is 1. The summed E-state index contributed by atoms with van der Waals surface area (Å²) < 4.78 is 0. The fourth-order valence-electron chi connectivity index (χ4n) is 4.36. The van der Waals surface area contributed by atoms with Gasteiger partial charge in [-0.1, -0.05) is 6.07 Å². The standard InChI is InChI=1S/C20H24N4O4/c25-16-4-2-1-3-12-5-6-14(11-15(12)16)22-18(27)21-13-7-9-20(10-8-13)17(26)23-19(28)24-20/h5-6,11,13H,1-4,7-10H2,(H2,21,22,27)(H2,23,24,26,28). The molecule has 0 aromatic heterocycles. The normalized spacial score (nSPS) is 26.9. The maximum atomic E-state index is 12.4. The zero-order valence-corrected chi connectivity index (χ0v) is 15.6. The molecule has 8 nitrogen and oxygen atoms in total. The molecule has 1 saturated heterocycles. The highest BCUT2D eigenvalue weighted by Crippen LogP contribution is 2.31. The third-order valence-corrected chi connectivity index (χ3v) is 5.96. The van der Waals surface area contributed by atoms with Crippen LogP contribution in [0.25, 0.3) is 0 Å². The van der Waals surface area contributed by atoms with Crippen LogP contribution in [0.2, 0.25) is 0 Å². The Morgan fingerprint density at radius 3 is 2.54 bits per heavy atom. The lowest BCUT2D eigenvalue weighted by atomic mass is 9.79. The van der Waals surface area contributed by atoms with E-state index in [1.807, 2.05) is 12.1 Å². The number of rotatable bonds is 2. The molecule has 0 unspecified atom stereocenters. The lowest BCUT2D eigenvalue weighted by Crippen LogP contribution is -2.53. The van der Waals surface area contributed by atoms with Crippen LogP contribution in [0.3, 0.4) is 0 Å². The number of hydrogen-bond acceptors (Lipinski definition) is 4. The van der Waals surface area contributed by atoms with Gasteiger partial charge in [0.15, 0.2) is 5.78 Å². The largest absolute Gasteiger partial charge is 0.335 e. The molecule has 5 amide bonds. The number of fused-ring (bicyclic) bond motifs is 1. The van der Waals surface area contributed by atoms with E-state index in [1.165, 1.54) is 0 Å². The molecule has 0 radical (unpaired) electrons. The average Bonchev–Trinajstić information content (AvgIpc) is 2.81. The molecule has 8 heteroatoms. The van der Waals surface area contributed by atoms with Crippen molar-refractivity contribution in [3.63, 3.8) is 0 Å². The summed E-state index contributed by atoms with van der Waals surface area (Å²) in [5.74, 6) is -0.152. The molecule has 1 saturated carbocycles. The highest BCUT2D eigenvalue weighted by Gasteiger charge is 2.48. The van der Waals surface area contributed by atoms with Gasteiger partial charge in [-0.3, -0.25) is 14.9 Å². The second kappa shape index (κ2) is 7.26. The minimum atomic E-state index is -0.830. The molecule has 148 valence electrons. The SMILES string of the molecule is O=C(Nc1ccc2c(c1)C(=O)CCCC2)NC1CCC2(CC1)NC(=O)NC2=O. The van der Waals surface area contributed by atoms with Crippen LogP contribution < -0.4 is 21.3 Å². The number of Topliss-reactive ketones (excluding diaryl/α,β-unsaturated/α-hetero) is 1. The van der Waals surface area contributed by atoms with Gasteiger partial charge in [0, 0.05) is 23.7 Å². The molecular formula is C20H24N4O4. The monoisotopic (exact) mass is 384 g/mol. The van der Waals surface area contributed by atoms with Crippen molar-refractivity contribution >= 4 is 29.4 Å². The third-order valence-electron chi connectivity index (χ3n) is 5.96. The zero-order chi connectivity index (χ0) is 19.7. The summed E-state index contributed by atoms with van der Waals surface area (Å²) in [6.07, 6.45) is 5.53. The van der Waals surface area contributed by atoms with Crippen molar-refractivity contribution in [1.82, 2.24) is 16.0 Å². The highest BCUT2D eigenvalue weighted by molar-refractivity contribution is 6.07. The van der Waals surface area contributed by atoms with Crippen molar-refractivity contribution in [3.8, 4) is 0 Å². The van der Waals surface area contributed by atoms with Crippen LogP contribution in [0.1, 0.15) is 60.9 Å². The molecule has 4 rings (SSSR count). The van der Waals surface area contributed by atoms with E-state index in [0.717, 1.165) is 24.8 Å². The van der Waals surface area contributed by atoms with Gasteiger partial charge < -0.3 is 16.0 Å². The smallest absolute Gasteiger partial charge is 0.322 e. The Kier molecular flexibility index (Phi) is 4.78. The average molecular weight is 384 g/mol. The number of benzene rings is 1. The molecular weight excluding hydrogens is 360 g/mol. The van der Waals surface area contributed by atoms with Crippen LogP contribution >= 0.6 is 0 Å². The molecule has 2 aliphatic carbocycles. The van der Waals surface area contributed by atoms with Gasteiger partial charge in [-0.05, 0) is 62.6 Å². The maximum absolute atomic E-state index is 12.4. The van der Waals surface area contributed by atoms with Gasteiger partial charge in [-0.2, -0.15) is 0 Å². The van der Waals surface area contributed by atoms with Crippen LogP contribution in [0.15, 0.2) is 18.2 Å². The number of hydrogen-bond donors (Lipinski definition) is 4. The van der Waals surface area contributed by atoms with Crippen molar-refractivity contribution in [3.05, 3.63) is 29.3 Å². The Morgan fingerprint density at radius 1 is 1.07 bits per heavy atom. The van der Waals surface area contributed by atoms with Crippen LogP contribution in [0.4, 0.5) is 15.3 Å². The molecule has 1 aliphatic heterocycles. The molecule has 28 heavy (non-hydrogen) atoms. The quantitative estimate of drug-likeness (QED) is 0.462. The first-order valence-corrected chi connectivity index (χ1v) is 9.82. The number of carbonyl (C=O) groups excluding carboxylic acids is 4. The van der Waals surface area contributed by atoms with Gasteiger partial charge in [0.25, 0.3) is 5.91 Å². The molecule has 4 N–H and O–H groups in total. The molecule has 3 aliphatic rings. The lowest BCUT2D eigenvalue weighted by molar-refractivity contribution is -0.125. The fourth-order valence-corrected chi connectivity index (χ4v) is 4.36. The maximum Gasteiger partial charge on any atom is 0.322 e. The van der Waals surface area contributed by atoms with Crippen LogP contribution in [-0.2, 0) is 11.2 Å². The Hall–Kier alpha value is -2.90.